The molecule has 6 nitrogen and oxygen atoms in total. The molecule has 0 aromatic rings. The highest BCUT2D eigenvalue weighted by Gasteiger charge is 2.09. The molecule has 0 heterocycles. The van der Waals surface area contributed by atoms with Gasteiger partial charge in [0.1, 0.15) is 6.29 Å². The lowest BCUT2D eigenvalue weighted by Gasteiger charge is -2.21. The van der Waals surface area contributed by atoms with Crippen molar-refractivity contribution in [2.75, 3.05) is 33.4 Å². The van der Waals surface area contributed by atoms with Crippen molar-refractivity contribution in [3.63, 3.8) is 0 Å². The molecule has 0 aliphatic heterocycles. The molecule has 0 aromatic heterocycles. The maximum atomic E-state index is 10.4. The van der Waals surface area contributed by atoms with Crippen LogP contribution in [0.2, 0.25) is 0 Å². The van der Waals surface area contributed by atoms with Gasteiger partial charge in [0.25, 0.3) is 6.47 Å². The number of nitrogens with zero attached hydrogens (tertiary/aromatic N) is 1. The monoisotopic (exact) mass is 602 g/mol. The van der Waals surface area contributed by atoms with E-state index < -0.39 is 0 Å². The van der Waals surface area contributed by atoms with Gasteiger partial charge in [0.15, 0.2) is 0 Å². The predicted octanol–water partition coefficient (Wildman–Crippen LogP) is 9.59. The summed E-state index contributed by atoms with van der Waals surface area (Å²) in [6.07, 6.45) is 36.1. The van der Waals surface area contributed by atoms with Crippen LogP contribution in [0.4, 0.5) is 0 Å². The Morgan fingerprint density at radius 3 is 1.21 bits per heavy atom. The summed E-state index contributed by atoms with van der Waals surface area (Å²) in [4.78, 5) is 21.2. The number of carbonyl (C=O) groups excluding carboxylic acids is 1. The van der Waals surface area contributed by atoms with Gasteiger partial charge < -0.3 is 25.0 Å². The number of unbranched alkanes of at least 4 members (excludes halogenated alkanes) is 19. The van der Waals surface area contributed by atoms with Crippen LogP contribution in [0.5, 0.6) is 0 Å². The van der Waals surface area contributed by atoms with E-state index in [4.69, 9.17) is 15.0 Å². The van der Waals surface area contributed by atoms with E-state index in [0.717, 1.165) is 51.8 Å². The lowest BCUT2D eigenvalue weighted by atomic mass is 9.89. The minimum Gasteiger partial charge on any atom is -0.483 e. The summed E-state index contributed by atoms with van der Waals surface area (Å²) < 4.78 is 0. The first-order valence-corrected chi connectivity index (χ1v) is 18.0. The van der Waals surface area contributed by atoms with E-state index >= 15 is 0 Å². The third kappa shape index (κ3) is 41.2. The highest BCUT2D eigenvalue weighted by Crippen LogP contribution is 2.24. The molecule has 254 valence electrons. The second-order valence-electron chi connectivity index (χ2n) is 11.9. The van der Waals surface area contributed by atoms with Crippen LogP contribution in [0.1, 0.15) is 181 Å². The van der Waals surface area contributed by atoms with Gasteiger partial charge in [0.2, 0.25) is 0 Å². The van der Waals surface area contributed by atoms with E-state index in [0.29, 0.717) is 0 Å². The zero-order valence-electron chi connectivity index (χ0n) is 28.6. The third-order valence-electron chi connectivity index (χ3n) is 8.23. The Morgan fingerprint density at radius 1 is 0.524 bits per heavy atom. The Morgan fingerprint density at radius 2 is 0.857 bits per heavy atom. The zero-order chi connectivity index (χ0) is 31.8. The Hall–Kier alpha value is -0.980. The average Bonchev–Trinajstić information content (AvgIpc) is 3.00. The van der Waals surface area contributed by atoms with Crippen LogP contribution < -0.4 is 0 Å². The molecule has 0 bridgehead atoms. The molecule has 0 saturated heterocycles. The lowest BCUT2D eigenvalue weighted by Crippen LogP contribution is -2.29. The van der Waals surface area contributed by atoms with E-state index in [2.05, 4.69) is 18.7 Å². The van der Waals surface area contributed by atoms with Gasteiger partial charge in [-0.25, -0.2) is 0 Å². The zero-order valence-corrected chi connectivity index (χ0v) is 28.6. The van der Waals surface area contributed by atoms with E-state index in [-0.39, 0.29) is 13.1 Å². The van der Waals surface area contributed by atoms with Crippen LogP contribution in [-0.2, 0) is 9.59 Å². The van der Waals surface area contributed by atoms with Crippen LogP contribution >= 0.6 is 0 Å². The van der Waals surface area contributed by atoms with Gasteiger partial charge >= 0.3 is 0 Å². The Labute approximate surface area is 262 Å². The Kier molecular flexibility index (Phi) is 48.1. The minimum atomic E-state index is -0.250. The van der Waals surface area contributed by atoms with Crippen molar-refractivity contribution in [3.05, 3.63) is 0 Å². The SMILES string of the molecule is CCCCCCCCC(CCCCCCCC)CCCCCCCN(CCO)CCCCCCCC=O.CO.O=CO. The fourth-order valence-electron chi connectivity index (χ4n) is 5.73. The number of carboxylic acid groups (broad SMARTS) is 1. The molecule has 42 heavy (non-hydrogen) atoms. The largest absolute Gasteiger partial charge is 0.483 e. The number of aliphatic hydroxyl groups is 2. The van der Waals surface area contributed by atoms with Gasteiger partial charge in [-0.15, -0.1) is 0 Å². The highest BCUT2D eigenvalue weighted by molar-refractivity contribution is 5.48. The second-order valence-corrected chi connectivity index (χ2v) is 11.9. The van der Waals surface area contributed by atoms with Gasteiger partial charge in [-0.1, -0.05) is 155 Å². The molecule has 0 rings (SSSR count). The van der Waals surface area contributed by atoms with E-state index in [1.54, 1.807) is 0 Å². The van der Waals surface area contributed by atoms with Crippen LogP contribution in [-0.4, -0.2) is 66.3 Å². The molecule has 0 radical (unpaired) electrons. The van der Waals surface area contributed by atoms with Gasteiger partial charge in [-0.3, -0.25) is 4.79 Å². The number of aliphatic hydroxyl groups excluding tert-OH is 2. The smallest absolute Gasteiger partial charge is 0.290 e. The number of rotatable bonds is 32. The molecule has 0 spiro atoms. The molecule has 6 heteroatoms. The molecule has 0 saturated carbocycles. The number of carbonyl (C=O) groups is 2. The van der Waals surface area contributed by atoms with Crippen molar-refractivity contribution in [3.8, 4) is 0 Å². The molecule has 0 unspecified atom stereocenters. The van der Waals surface area contributed by atoms with Gasteiger partial charge in [-0.05, 0) is 38.3 Å². The second kappa shape index (κ2) is 44.5. The number of hydrogen-bond donors (Lipinski definition) is 3. The topological polar surface area (TPSA) is 98.1 Å². The summed E-state index contributed by atoms with van der Waals surface area (Å²) in [6, 6.07) is 0. The first kappa shape index (κ1) is 45.4. The first-order valence-electron chi connectivity index (χ1n) is 18.0. The minimum absolute atomic E-state index is 0.250. The normalized spacial score (nSPS) is 10.7. The molecule has 3 N–H and O–H groups in total. The maximum absolute atomic E-state index is 10.4. The van der Waals surface area contributed by atoms with Gasteiger partial charge in [0.05, 0.1) is 6.61 Å². The molecular weight excluding hydrogens is 526 g/mol. The average molecular weight is 602 g/mol. The summed E-state index contributed by atoms with van der Waals surface area (Å²) in [7, 11) is 1.00. The molecule has 0 amide bonds. The summed E-state index contributed by atoms with van der Waals surface area (Å²) >= 11 is 0. The van der Waals surface area contributed by atoms with Crippen molar-refractivity contribution in [2.45, 2.75) is 181 Å². The van der Waals surface area contributed by atoms with Crippen LogP contribution in [0, 0.1) is 5.92 Å². The fourth-order valence-corrected chi connectivity index (χ4v) is 5.73. The lowest BCUT2D eigenvalue weighted by molar-refractivity contribution is -0.122. The van der Waals surface area contributed by atoms with E-state index in [1.807, 2.05) is 0 Å². The van der Waals surface area contributed by atoms with E-state index in [9.17, 15) is 9.90 Å². The van der Waals surface area contributed by atoms with Crippen molar-refractivity contribution in [2.24, 2.45) is 5.92 Å². The Balaban J connectivity index is -0.00000284. The van der Waals surface area contributed by atoms with Crippen molar-refractivity contribution in [1.82, 2.24) is 4.90 Å². The Bertz CT molecular complexity index is 462. The standard InChI is InChI=1S/C34H69NO2.CH2O2.CH4O/c1-3-5-7-9-14-20-26-34(27-21-15-10-8-6-4-2)28-22-16-13-18-24-30-35(31-33-37)29-23-17-11-12-19-25-32-36;2-1-3;1-2/h32,34,37H,3-31,33H2,1-2H3;1H,(H,2,3);2H,1H3. The number of aldehydes is 1. The molecule has 0 atom stereocenters. The summed E-state index contributed by atoms with van der Waals surface area (Å²) in [5, 5.41) is 23.3. The summed E-state index contributed by atoms with van der Waals surface area (Å²) in [5.74, 6) is 0.982. The highest BCUT2D eigenvalue weighted by atomic mass is 16.3. The maximum Gasteiger partial charge on any atom is 0.290 e. The fraction of sp³-hybridized carbons (Fsp3) is 0.944. The molecule has 0 fully saturated rings. The quantitative estimate of drug-likeness (QED) is 0.0524. The third-order valence-corrected chi connectivity index (χ3v) is 8.23. The van der Waals surface area contributed by atoms with Crippen LogP contribution in [0.25, 0.3) is 0 Å². The molecule has 0 aliphatic carbocycles. The number of hydrogen-bond acceptors (Lipinski definition) is 5. The van der Waals surface area contributed by atoms with Crippen LogP contribution in [0.3, 0.4) is 0 Å². The van der Waals surface area contributed by atoms with Crippen LogP contribution in [0.15, 0.2) is 0 Å². The first-order chi connectivity index (χ1) is 20.7. The molecule has 0 aliphatic rings. The van der Waals surface area contributed by atoms with E-state index in [1.165, 1.54) is 154 Å². The van der Waals surface area contributed by atoms with Crippen molar-refractivity contribution >= 4 is 12.8 Å². The predicted molar refractivity (Wildman–Crippen MR) is 181 cm³/mol. The van der Waals surface area contributed by atoms with Gasteiger partial charge in [0, 0.05) is 20.1 Å². The van der Waals surface area contributed by atoms with Crippen molar-refractivity contribution < 1.29 is 24.9 Å². The summed E-state index contributed by atoms with van der Waals surface area (Å²) in [5.41, 5.74) is 0. The molecule has 0 aromatic carbocycles. The van der Waals surface area contributed by atoms with Crippen molar-refractivity contribution in [1.29, 1.82) is 0 Å². The molecular formula is C36H75NO5. The summed E-state index contributed by atoms with van der Waals surface area (Å²) in [6.45, 7) is 7.73. The van der Waals surface area contributed by atoms with Gasteiger partial charge in [-0.2, -0.15) is 0 Å².